The minimum absolute atomic E-state index is 0.0752. The molecule has 2 fully saturated rings. The van der Waals surface area contributed by atoms with Gasteiger partial charge in [-0.05, 0) is 65.3 Å². The van der Waals surface area contributed by atoms with Gasteiger partial charge in [-0.25, -0.2) is 19.4 Å². The summed E-state index contributed by atoms with van der Waals surface area (Å²) in [4.78, 5) is 56.4. The van der Waals surface area contributed by atoms with Crippen LogP contribution in [-0.4, -0.2) is 106 Å². The summed E-state index contributed by atoms with van der Waals surface area (Å²) in [6, 6.07) is 37.1. The molecule has 0 aromatic heterocycles. The first-order valence-corrected chi connectivity index (χ1v) is 21.0. The first-order valence-electron chi connectivity index (χ1n) is 21.0. The lowest BCUT2D eigenvalue weighted by Crippen LogP contribution is -2.45. The zero-order valence-corrected chi connectivity index (χ0v) is 36.3. The fourth-order valence-electron chi connectivity index (χ4n) is 7.96. The molecule has 2 saturated heterocycles. The van der Waals surface area contributed by atoms with Crippen LogP contribution in [0.25, 0.3) is 10.4 Å². The average Bonchev–Trinajstić information content (AvgIpc) is 3.88. The molecule has 15 nitrogen and oxygen atoms in total. The summed E-state index contributed by atoms with van der Waals surface area (Å²) in [5, 5.41) is 3.77. The van der Waals surface area contributed by atoms with Crippen LogP contribution >= 0.6 is 0 Å². The molecule has 0 saturated carbocycles. The number of azide groups is 1. The van der Waals surface area contributed by atoms with E-state index in [4.69, 9.17) is 28.4 Å². The smallest absolute Gasteiger partial charge is 0.416 e. The van der Waals surface area contributed by atoms with E-state index in [2.05, 4.69) is 10.0 Å². The summed E-state index contributed by atoms with van der Waals surface area (Å²) >= 11 is 0. The molecule has 4 aromatic carbocycles. The maximum atomic E-state index is 13.4. The van der Waals surface area contributed by atoms with E-state index in [0.29, 0.717) is 32.1 Å². The number of hydrogen-bond acceptors (Lipinski definition) is 11. The molecule has 63 heavy (non-hydrogen) atoms. The van der Waals surface area contributed by atoms with E-state index in [1.165, 1.54) is 4.90 Å². The maximum absolute atomic E-state index is 13.4. The van der Waals surface area contributed by atoms with Crippen LogP contribution in [-0.2, 0) is 50.9 Å². The third kappa shape index (κ3) is 14.0. The van der Waals surface area contributed by atoms with Crippen LogP contribution in [0.1, 0.15) is 66.2 Å². The second-order valence-electron chi connectivity index (χ2n) is 15.3. The SMILES string of the molecule is COC(CC(CCC(=O)N1C(=O)OC[C@@H]1Cc1ccccc1)c1ccccc1)OC.COC(CC(C[C@H](N=[N+]=[N-])C(=O)N1C(=O)OC[C@@H]1Cc1ccccc1)c1ccccc1)OC. The van der Waals surface area contributed by atoms with Gasteiger partial charge in [0, 0.05) is 52.6 Å². The van der Waals surface area contributed by atoms with Crippen molar-refractivity contribution in [1.82, 2.24) is 9.80 Å². The number of carbonyl (C=O) groups is 4. The van der Waals surface area contributed by atoms with Gasteiger partial charge in [0.25, 0.3) is 0 Å². The van der Waals surface area contributed by atoms with Gasteiger partial charge >= 0.3 is 12.2 Å². The van der Waals surface area contributed by atoms with E-state index in [9.17, 15) is 24.7 Å². The fourth-order valence-corrected chi connectivity index (χ4v) is 7.96. The van der Waals surface area contributed by atoms with Crippen molar-refractivity contribution in [2.24, 2.45) is 5.11 Å². The molecule has 0 N–H and O–H groups in total. The second-order valence-corrected chi connectivity index (χ2v) is 15.3. The number of carbonyl (C=O) groups excluding carboxylic acids is 4. The van der Waals surface area contributed by atoms with E-state index in [0.717, 1.165) is 27.2 Å². The molecule has 4 amide bonds. The number of benzene rings is 4. The summed E-state index contributed by atoms with van der Waals surface area (Å²) in [7, 11) is 6.30. The van der Waals surface area contributed by atoms with Crippen molar-refractivity contribution in [2.45, 2.75) is 87.5 Å². The molecular weight excluding hydrogens is 807 g/mol. The topological polar surface area (TPSA) is 179 Å². The van der Waals surface area contributed by atoms with Crippen molar-refractivity contribution in [1.29, 1.82) is 0 Å². The summed E-state index contributed by atoms with van der Waals surface area (Å²) in [6.45, 7) is 0.330. The minimum Gasteiger partial charge on any atom is -0.447 e. The Balaban J connectivity index is 0.000000239. The Hall–Kier alpha value is -6.09. The van der Waals surface area contributed by atoms with Gasteiger partial charge in [-0.15, -0.1) is 0 Å². The van der Waals surface area contributed by atoms with Crippen LogP contribution in [0.2, 0.25) is 0 Å². The van der Waals surface area contributed by atoms with Crippen LogP contribution < -0.4 is 0 Å². The third-order valence-electron chi connectivity index (χ3n) is 11.3. The fraction of sp³-hybridized carbons (Fsp3) is 0.417. The highest BCUT2D eigenvalue weighted by atomic mass is 16.7. The number of nitrogens with zero attached hydrogens (tertiary/aromatic N) is 5. The van der Waals surface area contributed by atoms with Crippen LogP contribution in [0.4, 0.5) is 9.59 Å². The Kier molecular flexibility index (Phi) is 19.1. The van der Waals surface area contributed by atoms with Crippen molar-refractivity contribution in [3.05, 3.63) is 154 Å². The Morgan fingerprint density at radius 1 is 0.635 bits per heavy atom. The molecule has 0 bridgehead atoms. The highest BCUT2D eigenvalue weighted by molar-refractivity contribution is 5.96. The molecule has 0 aliphatic carbocycles. The Morgan fingerprint density at radius 2 is 1.05 bits per heavy atom. The third-order valence-corrected chi connectivity index (χ3v) is 11.3. The maximum Gasteiger partial charge on any atom is 0.416 e. The van der Waals surface area contributed by atoms with Gasteiger partial charge < -0.3 is 28.4 Å². The van der Waals surface area contributed by atoms with Gasteiger partial charge in [0.05, 0.1) is 12.1 Å². The van der Waals surface area contributed by atoms with Crippen LogP contribution in [0, 0.1) is 0 Å². The zero-order chi connectivity index (χ0) is 45.0. The lowest BCUT2D eigenvalue weighted by atomic mass is 9.88. The number of hydrogen-bond donors (Lipinski definition) is 0. The van der Waals surface area contributed by atoms with Gasteiger partial charge in [0.15, 0.2) is 12.6 Å². The van der Waals surface area contributed by atoms with Crippen LogP contribution in [0.15, 0.2) is 126 Å². The number of methoxy groups -OCH3 is 4. The largest absolute Gasteiger partial charge is 0.447 e. The molecule has 334 valence electrons. The minimum atomic E-state index is -1.08. The number of imide groups is 2. The van der Waals surface area contributed by atoms with E-state index in [1.54, 1.807) is 28.4 Å². The number of rotatable bonds is 21. The average molecular weight is 864 g/mol. The van der Waals surface area contributed by atoms with E-state index < -0.39 is 36.5 Å². The second kappa shape index (κ2) is 25.1. The van der Waals surface area contributed by atoms with Crippen LogP contribution in [0.5, 0.6) is 0 Å². The first kappa shape index (κ1) is 48.0. The lowest BCUT2D eigenvalue weighted by Gasteiger charge is -2.27. The highest BCUT2D eigenvalue weighted by Gasteiger charge is 2.42. The Bertz CT molecular complexity index is 2070. The first-order chi connectivity index (χ1) is 30.7. The number of cyclic esters (lactones) is 2. The normalized spacial score (nSPS) is 17.3. The van der Waals surface area contributed by atoms with Gasteiger partial charge in [-0.1, -0.05) is 126 Å². The molecule has 2 aliphatic heterocycles. The number of amides is 4. The van der Waals surface area contributed by atoms with Crippen molar-refractivity contribution in [2.75, 3.05) is 41.7 Å². The molecule has 2 unspecified atom stereocenters. The zero-order valence-electron chi connectivity index (χ0n) is 36.3. The highest BCUT2D eigenvalue weighted by Crippen LogP contribution is 2.32. The van der Waals surface area contributed by atoms with Crippen molar-refractivity contribution in [3.8, 4) is 0 Å². The molecule has 4 aromatic rings. The molecule has 6 rings (SSSR count). The van der Waals surface area contributed by atoms with Gasteiger partial charge in [-0.3, -0.25) is 9.59 Å². The molecule has 2 aliphatic rings. The summed E-state index contributed by atoms with van der Waals surface area (Å²) < 4.78 is 31.8. The van der Waals surface area contributed by atoms with Gasteiger partial charge in [0.1, 0.15) is 19.3 Å². The monoisotopic (exact) mass is 863 g/mol. The van der Waals surface area contributed by atoms with E-state index in [-0.39, 0.29) is 56.1 Å². The van der Waals surface area contributed by atoms with Gasteiger partial charge in [0.2, 0.25) is 11.8 Å². The van der Waals surface area contributed by atoms with Crippen molar-refractivity contribution < 1.29 is 47.6 Å². The lowest BCUT2D eigenvalue weighted by molar-refractivity contribution is -0.131. The Labute approximate surface area is 368 Å². The molecule has 2 heterocycles. The van der Waals surface area contributed by atoms with Gasteiger partial charge in [-0.2, -0.15) is 0 Å². The van der Waals surface area contributed by atoms with Crippen molar-refractivity contribution >= 4 is 24.0 Å². The molecule has 15 heteroatoms. The standard InChI is InChI=1S/C24H28N4O5.C24H29NO5/c1-31-22(32-2)15-19(18-11-7-4-8-12-18)14-21(26-27-25)23(29)28-20(16-33-24(28)30)13-17-9-5-3-6-10-17;1-28-23(29-2)16-20(19-11-7-4-8-12-19)13-14-22(26)25-21(17-30-24(25)27)15-18-9-5-3-6-10-18/h3-12,19-22H,13-16H2,1-2H3;3-12,20-21,23H,13-17H2,1-2H3/t19?,20-,21-;20?,21-/m00/s1. The molecule has 0 radical (unpaired) electrons. The molecular formula is C48H57N5O10. The predicted molar refractivity (Wildman–Crippen MR) is 234 cm³/mol. The van der Waals surface area contributed by atoms with Crippen LogP contribution in [0.3, 0.4) is 0 Å². The number of ether oxygens (including phenoxy) is 6. The van der Waals surface area contributed by atoms with E-state index in [1.807, 2.05) is 121 Å². The van der Waals surface area contributed by atoms with Crippen molar-refractivity contribution in [3.63, 3.8) is 0 Å². The quantitative estimate of drug-likeness (QED) is 0.0341. The summed E-state index contributed by atoms with van der Waals surface area (Å²) in [6.07, 6.45) is 1.03. The van der Waals surface area contributed by atoms with E-state index >= 15 is 0 Å². The molecule has 0 spiro atoms. The predicted octanol–water partition coefficient (Wildman–Crippen LogP) is 8.59. The molecule has 5 atom stereocenters. The summed E-state index contributed by atoms with van der Waals surface area (Å²) in [5.74, 6) is -0.901. The summed E-state index contributed by atoms with van der Waals surface area (Å²) in [5.41, 5.74) is 13.3. The Morgan fingerprint density at radius 3 is 1.51 bits per heavy atom.